The van der Waals surface area contributed by atoms with Crippen LogP contribution in [0.25, 0.3) is 0 Å². The molecule has 0 aromatic rings. The lowest BCUT2D eigenvalue weighted by molar-refractivity contribution is -1.20. The second kappa shape index (κ2) is 2.64. The molecule has 1 rings (SSSR count). The van der Waals surface area contributed by atoms with E-state index < -0.39 is 0 Å². The topological polar surface area (TPSA) is 74.1 Å². The predicted molar refractivity (Wildman–Crippen MR) is 39.9 cm³/mol. The molecule has 0 aromatic heterocycles. The molecule has 6 N–H and O–H groups in total. The van der Waals surface area contributed by atoms with Crippen LogP contribution in [-0.2, 0) is 0 Å². The first-order chi connectivity index (χ1) is 4.97. The molecule has 0 spiro atoms. The molecule has 1 atom stereocenters. The number of nitrogens with one attached hydrogen (secondary N) is 4. The fourth-order valence-corrected chi connectivity index (χ4v) is 0.976. The average Bonchev–Trinajstić information content (AvgIpc) is 1.85. The van der Waals surface area contributed by atoms with Gasteiger partial charge in [-0.3, -0.25) is 5.73 Å². The molecule has 1 aliphatic rings. The van der Waals surface area contributed by atoms with Gasteiger partial charge in [-0.05, 0) is 0 Å². The van der Waals surface area contributed by atoms with Crippen LogP contribution in [0.3, 0.4) is 0 Å². The summed E-state index contributed by atoms with van der Waals surface area (Å²) in [6, 6.07) is 0. The van der Waals surface area contributed by atoms with Gasteiger partial charge in [-0.2, -0.15) is 0 Å². The van der Waals surface area contributed by atoms with Gasteiger partial charge in [0.25, 0.3) is 0 Å². The first-order valence-electron chi connectivity index (χ1n) is 3.46. The van der Waals surface area contributed by atoms with E-state index in [4.69, 9.17) is 5.73 Å². The summed E-state index contributed by atoms with van der Waals surface area (Å²) >= 11 is 0. The Hall–Kier alpha value is -0.280. The molecule has 1 fully saturated rings. The van der Waals surface area contributed by atoms with Gasteiger partial charge in [-0.1, -0.05) is 16.6 Å². The normalized spacial score (nSPS) is 37.1. The van der Waals surface area contributed by atoms with E-state index in [0.717, 1.165) is 0 Å². The van der Waals surface area contributed by atoms with E-state index in [1.807, 2.05) is 21.1 Å². The fourth-order valence-electron chi connectivity index (χ4n) is 0.976. The van der Waals surface area contributed by atoms with Crippen LogP contribution in [0.5, 0.6) is 0 Å². The second-order valence-electron chi connectivity index (χ2n) is 3.28. The molecule has 11 heavy (non-hydrogen) atoms. The summed E-state index contributed by atoms with van der Waals surface area (Å²) in [6.07, 6.45) is 0. The molecule has 7 heteroatoms. The molecule has 0 saturated carbocycles. The van der Waals surface area contributed by atoms with Crippen molar-refractivity contribution in [2.24, 2.45) is 5.73 Å². The molecule has 1 aliphatic heterocycles. The Bertz CT molecular complexity index is 145. The Morgan fingerprint density at radius 3 is 2.18 bits per heavy atom. The van der Waals surface area contributed by atoms with Crippen molar-refractivity contribution in [2.45, 2.75) is 0 Å². The van der Waals surface area contributed by atoms with Gasteiger partial charge < -0.3 is 0 Å². The molecule has 0 radical (unpaired) electrons. The Morgan fingerprint density at radius 2 is 1.82 bits per heavy atom. The van der Waals surface area contributed by atoms with Gasteiger partial charge in [0, 0.05) is 5.53 Å². The van der Waals surface area contributed by atoms with Crippen LogP contribution in [0.2, 0.25) is 0 Å². The summed E-state index contributed by atoms with van der Waals surface area (Å²) < 4.78 is 0.806. The minimum absolute atomic E-state index is 0.361. The number of hydrogen-bond acceptors (Lipinski definition) is 5. The number of hydrogen-bond donors (Lipinski definition) is 5. The SMILES string of the molecule is C[N+]1(C)NNN[N+](C)(CN)N1. The van der Waals surface area contributed by atoms with Gasteiger partial charge in [0.2, 0.25) is 0 Å². The van der Waals surface area contributed by atoms with Gasteiger partial charge in [0.15, 0.2) is 6.67 Å². The minimum Gasteiger partial charge on any atom is -0.281 e. The van der Waals surface area contributed by atoms with E-state index in [1.165, 1.54) is 0 Å². The van der Waals surface area contributed by atoms with Crippen LogP contribution in [0.15, 0.2) is 0 Å². The molecule has 0 aliphatic carbocycles. The van der Waals surface area contributed by atoms with Gasteiger partial charge >= 0.3 is 0 Å². The number of quaternary nitrogens is 2. The van der Waals surface area contributed by atoms with Crippen LogP contribution in [0, 0.1) is 0 Å². The Labute approximate surface area is 66.1 Å². The van der Waals surface area contributed by atoms with Crippen molar-refractivity contribution in [3.8, 4) is 0 Å². The zero-order valence-corrected chi connectivity index (χ0v) is 7.18. The molecule has 66 valence electrons. The number of nitrogens with zero attached hydrogens (tertiary/aromatic N) is 2. The average molecular weight is 163 g/mol. The number of hydrazine groups is 2. The monoisotopic (exact) mass is 163 g/mol. The summed E-state index contributed by atoms with van der Waals surface area (Å²) in [5.74, 6) is 0. The minimum atomic E-state index is 0.361. The van der Waals surface area contributed by atoms with Crippen molar-refractivity contribution in [3.05, 3.63) is 0 Å². The Morgan fingerprint density at radius 1 is 1.18 bits per heavy atom. The summed E-state index contributed by atoms with van der Waals surface area (Å²) in [5.41, 5.74) is 17.4. The van der Waals surface area contributed by atoms with Crippen LogP contribution in [0.4, 0.5) is 0 Å². The summed E-state index contributed by atoms with van der Waals surface area (Å²) in [7, 11) is 5.84. The zero-order valence-electron chi connectivity index (χ0n) is 7.18. The second-order valence-corrected chi connectivity index (χ2v) is 3.28. The smallest absolute Gasteiger partial charge is 0.171 e. The maximum Gasteiger partial charge on any atom is 0.171 e. The highest BCUT2D eigenvalue weighted by molar-refractivity contribution is 4.13. The van der Waals surface area contributed by atoms with E-state index in [1.54, 1.807) is 0 Å². The largest absolute Gasteiger partial charge is 0.281 e. The van der Waals surface area contributed by atoms with E-state index >= 15 is 0 Å². The maximum atomic E-state index is 5.53. The van der Waals surface area contributed by atoms with Gasteiger partial charge in [-0.25, -0.2) is 0 Å². The number of nitrogens with two attached hydrogens (primary N) is 1. The van der Waals surface area contributed by atoms with Gasteiger partial charge in [0.1, 0.15) is 21.1 Å². The van der Waals surface area contributed by atoms with Crippen LogP contribution < -0.4 is 27.9 Å². The zero-order chi connectivity index (χ0) is 8.54. The molecule has 1 unspecified atom stereocenters. The molecule has 7 nitrogen and oxygen atoms in total. The molecular formula is C4H17N7+2. The molecule has 0 amide bonds. The van der Waals surface area contributed by atoms with E-state index in [9.17, 15) is 0 Å². The Kier molecular flexibility index (Phi) is 2.12. The van der Waals surface area contributed by atoms with E-state index in [-0.39, 0.29) is 0 Å². The van der Waals surface area contributed by atoms with Gasteiger partial charge in [0.05, 0.1) is 0 Å². The van der Waals surface area contributed by atoms with Crippen molar-refractivity contribution in [3.63, 3.8) is 0 Å². The van der Waals surface area contributed by atoms with Crippen LogP contribution >= 0.6 is 0 Å². The molecule has 0 bridgehead atoms. The van der Waals surface area contributed by atoms with Crippen molar-refractivity contribution >= 4 is 0 Å². The van der Waals surface area contributed by atoms with Crippen LogP contribution in [0.1, 0.15) is 0 Å². The van der Waals surface area contributed by atoms with Crippen molar-refractivity contribution < 1.29 is 9.40 Å². The fraction of sp³-hybridized carbons (Fsp3) is 1.00. The third-order valence-electron chi connectivity index (χ3n) is 1.47. The summed E-state index contributed by atoms with van der Waals surface area (Å²) in [4.78, 5) is 0. The quantitative estimate of drug-likeness (QED) is 0.272. The first-order valence-corrected chi connectivity index (χ1v) is 3.46. The maximum absolute atomic E-state index is 5.53. The van der Waals surface area contributed by atoms with Gasteiger partial charge in [-0.15, -0.1) is 9.40 Å². The number of rotatable bonds is 1. The highest BCUT2D eigenvalue weighted by Crippen LogP contribution is 1.94. The molecule has 1 saturated heterocycles. The third-order valence-corrected chi connectivity index (χ3v) is 1.47. The van der Waals surface area contributed by atoms with E-state index in [2.05, 4.69) is 22.1 Å². The lowest BCUT2D eigenvalue weighted by atomic mass is 10.9. The molecule has 0 aromatic carbocycles. The van der Waals surface area contributed by atoms with Crippen molar-refractivity contribution in [1.29, 1.82) is 0 Å². The lowest BCUT2D eigenvalue weighted by Crippen LogP contribution is -2.87. The lowest BCUT2D eigenvalue weighted by Gasteiger charge is -2.42. The predicted octanol–water partition coefficient (Wildman–Crippen LogP) is -2.71. The summed E-state index contributed by atoms with van der Waals surface area (Å²) in [5, 5.41) is 0. The van der Waals surface area contributed by atoms with Crippen molar-refractivity contribution in [1.82, 2.24) is 22.1 Å². The van der Waals surface area contributed by atoms with E-state index in [0.29, 0.717) is 16.1 Å². The Balaban J connectivity index is 2.59. The standard InChI is InChI=1S/C4H17N7/c1-10(2)7-6-8-11(3,4-5)9-10/h6-9H,4-5H2,1-3H3/q+2. The highest BCUT2D eigenvalue weighted by atomic mass is 16.2. The third kappa shape index (κ3) is 2.07. The molecular weight excluding hydrogens is 146 g/mol. The van der Waals surface area contributed by atoms with Crippen LogP contribution in [-0.4, -0.2) is 37.2 Å². The molecule has 1 heterocycles. The van der Waals surface area contributed by atoms with Crippen molar-refractivity contribution in [2.75, 3.05) is 27.8 Å². The summed E-state index contributed by atoms with van der Waals surface area (Å²) in [6.45, 7) is 0.455. The first kappa shape index (κ1) is 8.81. The highest BCUT2D eigenvalue weighted by Gasteiger charge is 2.35.